The topological polar surface area (TPSA) is 46.6 Å². The van der Waals surface area contributed by atoms with E-state index in [1.165, 1.54) is 30.5 Å². The zero-order valence-corrected chi connectivity index (χ0v) is 13.6. The second kappa shape index (κ2) is 8.01. The van der Waals surface area contributed by atoms with Crippen molar-refractivity contribution in [2.24, 2.45) is 0 Å². The summed E-state index contributed by atoms with van der Waals surface area (Å²) in [6.07, 6.45) is 8.26. The van der Waals surface area contributed by atoms with Crippen molar-refractivity contribution >= 4 is 12.3 Å². The van der Waals surface area contributed by atoms with Crippen molar-refractivity contribution in [3.05, 3.63) is 23.4 Å². The maximum atomic E-state index is 11.2. The van der Waals surface area contributed by atoms with Crippen LogP contribution in [0.3, 0.4) is 0 Å². The number of rotatable bonds is 2. The smallest absolute Gasteiger partial charge is 0.293 e. The molecule has 2 rings (SSSR count). The van der Waals surface area contributed by atoms with E-state index in [4.69, 9.17) is 0 Å². The average molecular weight is 293 g/mol. The van der Waals surface area contributed by atoms with E-state index in [0.717, 1.165) is 13.1 Å². The summed E-state index contributed by atoms with van der Waals surface area (Å²) in [6, 6.07) is 0. The maximum absolute atomic E-state index is 11.2. The summed E-state index contributed by atoms with van der Waals surface area (Å²) in [5.41, 5.74) is 2.21. The van der Waals surface area contributed by atoms with E-state index in [0.29, 0.717) is 12.9 Å². The monoisotopic (exact) mass is 293 g/mol. The lowest BCUT2D eigenvalue weighted by Crippen LogP contribution is -2.30. The van der Waals surface area contributed by atoms with Crippen molar-refractivity contribution in [3.63, 3.8) is 0 Å². The molecule has 0 aromatic heterocycles. The lowest BCUT2D eigenvalue weighted by Gasteiger charge is -2.32. The van der Waals surface area contributed by atoms with E-state index in [1.54, 1.807) is 6.08 Å². The molecule has 0 unspecified atom stereocenters. The van der Waals surface area contributed by atoms with Crippen LogP contribution >= 0.6 is 0 Å². The number of carbonyl (C=O) groups excluding carboxylic acids is 2. The standard InChI is InChI=1S/C12H17NO.C5H10O2/c1-10-9-11(14)5-6-12(10)13-7-3-2-4-8-13;1-5(2,3)7-4-6/h5-6H,2-4,7-9H2,1H3;4H,1-3H3. The van der Waals surface area contributed by atoms with E-state index in [-0.39, 0.29) is 11.4 Å². The summed E-state index contributed by atoms with van der Waals surface area (Å²) in [7, 11) is 0. The molecule has 1 aliphatic carbocycles. The van der Waals surface area contributed by atoms with Gasteiger partial charge in [-0.05, 0) is 64.7 Å². The number of carbonyl (C=O) groups is 2. The molecule has 0 N–H and O–H groups in total. The van der Waals surface area contributed by atoms with E-state index < -0.39 is 0 Å². The van der Waals surface area contributed by atoms with E-state index >= 15 is 0 Å². The molecule has 4 nitrogen and oxygen atoms in total. The molecule has 0 aromatic carbocycles. The molecule has 0 aromatic rings. The minimum Gasteiger partial charge on any atom is -0.462 e. The Kier molecular flexibility index (Phi) is 6.66. The summed E-state index contributed by atoms with van der Waals surface area (Å²) in [4.78, 5) is 23.2. The fourth-order valence-electron chi connectivity index (χ4n) is 2.38. The van der Waals surface area contributed by atoms with Gasteiger partial charge in [-0.3, -0.25) is 9.59 Å². The highest BCUT2D eigenvalue weighted by Crippen LogP contribution is 2.23. The number of piperidine rings is 1. The van der Waals surface area contributed by atoms with Gasteiger partial charge < -0.3 is 9.64 Å². The van der Waals surface area contributed by atoms with Gasteiger partial charge in [0.1, 0.15) is 5.60 Å². The molecule has 1 saturated heterocycles. The molecule has 0 bridgehead atoms. The molecular weight excluding hydrogens is 266 g/mol. The quantitative estimate of drug-likeness (QED) is 0.733. The Bertz CT molecular complexity index is 424. The maximum Gasteiger partial charge on any atom is 0.293 e. The van der Waals surface area contributed by atoms with E-state index in [9.17, 15) is 9.59 Å². The van der Waals surface area contributed by atoms with Crippen LogP contribution in [-0.4, -0.2) is 35.8 Å². The van der Waals surface area contributed by atoms with E-state index in [2.05, 4.69) is 16.6 Å². The molecule has 21 heavy (non-hydrogen) atoms. The Morgan fingerprint density at radius 2 is 1.76 bits per heavy atom. The summed E-state index contributed by atoms with van der Waals surface area (Å²) in [6.45, 7) is 10.3. The first kappa shape index (κ1) is 17.5. The normalized spacial score (nSPS) is 19.0. The summed E-state index contributed by atoms with van der Waals surface area (Å²) in [5.74, 6) is 0.239. The van der Waals surface area contributed by atoms with Gasteiger partial charge in [-0.25, -0.2) is 0 Å². The molecule has 0 saturated carbocycles. The van der Waals surface area contributed by atoms with Gasteiger partial charge in [-0.1, -0.05) is 0 Å². The fraction of sp³-hybridized carbons (Fsp3) is 0.647. The molecule has 0 atom stereocenters. The largest absolute Gasteiger partial charge is 0.462 e. The molecule has 118 valence electrons. The molecule has 0 radical (unpaired) electrons. The number of likely N-dealkylation sites (tertiary alicyclic amines) is 1. The van der Waals surface area contributed by atoms with E-state index in [1.807, 2.05) is 26.8 Å². The molecule has 0 amide bonds. The number of allylic oxidation sites excluding steroid dienone is 3. The van der Waals surface area contributed by atoms with Crippen LogP contribution in [0, 0.1) is 0 Å². The van der Waals surface area contributed by atoms with Crippen LogP contribution in [0.2, 0.25) is 0 Å². The van der Waals surface area contributed by atoms with Crippen LogP contribution in [0.25, 0.3) is 0 Å². The highest BCUT2D eigenvalue weighted by molar-refractivity contribution is 5.93. The molecule has 1 heterocycles. The van der Waals surface area contributed by atoms with Crippen LogP contribution in [-0.2, 0) is 14.3 Å². The zero-order valence-electron chi connectivity index (χ0n) is 13.6. The van der Waals surface area contributed by atoms with Gasteiger partial charge in [0.15, 0.2) is 5.78 Å². The third-order valence-electron chi connectivity index (χ3n) is 3.40. The third kappa shape index (κ3) is 6.61. The summed E-state index contributed by atoms with van der Waals surface area (Å²) < 4.78 is 4.55. The van der Waals surface area contributed by atoms with Crippen molar-refractivity contribution in [3.8, 4) is 0 Å². The third-order valence-corrected chi connectivity index (χ3v) is 3.40. The van der Waals surface area contributed by atoms with Crippen LogP contribution < -0.4 is 0 Å². The first-order valence-electron chi connectivity index (χ1n) is 7.60. The second-order valence-electron chi connectivity index (χ2n) is 6.52. The minimum absolute atomic E-state index is 0.239. The van der Waals surface area contributed by atoms with Crippen molar-refractivity contribution in [1.82, 2.24) is 4.90 Å². The van der Waals surface area contributed by atoms with Crippen molar-refractivity contribution in [2.45, 2.75) is 59.0 Å². The van der Waals surface area contributed by atoms with Gasteiger partial charge in [-0.15, -0.1) is 0 Å². The molecule has 0 spiro atoms. The summed E-state index contributed by atoms with van der Waals surface area (Å²) in [5, 5.41) is 0. The Morgan fingerprint density at radius 3 is 2.19 bits per heavy atom. The summed E-state index contributed by atoms with van der Waals surface area (Å²) >= 11 is 0. The van der Waals surface area contributed by atoms with Gasteiger partial charge in [0.25, 0.3) is 6.47 Å². The molecule has 1 fully saturated rings. The van der Waals surface area contributed by atoms with Crippen molar-refractivity contribution < 1.29 is 14.3 Å². The van der Waals surface area contributed by atoms with Gasteiger partial charge >= 0.3 is 0 Å². The van der Waals surface area contributed by atoms with Gasteiger partial charge in [-0.2, -0.15) is 0 Å². The first-order chi connectivity index (χ1) is 9.83. The van der Waals surface area contributed by atoms with Gasteiger partial charge in [0.05, 0.1) is 0 Å². The fourth-order valence-corrected chi connectivity index (χ4v) is 2.38. The van der Waals surface area contributed by atoms with Crippen LogP contribution in [0.1, 0.15) is 53.4 Å². The SMILES string of the molecule is CC(C)(C)OC=O.CC1=C(N2CCCCC2)C=CC(=O)C1. The second-order valence-corrected chi connectivity index (χ2v) is 6.52. The van der Waals surface area contributed by atoms with Gasteiger partial charge in [0.2, 0.25) is 0 Å². The number of hydrogen-bond acceptors (Lipinski definition) is 4. The molecule has 4 heteroatoms. The molecule has 2 aliphatic rings. The highest BCUT2D eigenvalue weighted by Gasteiger charge is 2.17. The van der Waals surface area contributed by atoms with Crippen molar-refractivity contribution in [2.75, 3.05) is 13.1 Å². The first-order valence-corrected chi connectivity index (χ1v) is 7.60. The average Bonchev–Trinajstić information content (AvgIpc) is 2.39. The molecule has 1 aliphatic heterocycles. The zero-order chi connectivity index (χ0) is 15.9. The Morgan fingerprint density at radius 1 is 1.14 bits per heavy atom. The lowest BCUT2D eigenvalue weighted by atomic mass is 10.00. The Labute approximate surface area is 127 Å². The van der Waals surface area contributed by atoms with Crippen LogP contribution in [0.4, 0.5) is 0 Å². The predicted octanol–water partition coefficient (Wildman–Crippen LogP) is 3.23. The Hall–Kier alpha value is -1.58. The number of hydrogen-bond donors (Lipinski definition) is 0. The highest BCUT2D eigenvalue weighted by atomic mass is 16.5. The Balaban J connectivity index is 0.000000270. The van der Waals surface area contributed by atoms with Gasteiger partial charge in [0, 0.05) is 25.2 Å². The lowest BCUT2D eigenvalue weighted by molar-refractivity contribution is -0.138. The number of nitrogens with zero attached hydrogens (tertiary/aromatic N) is 1. The predicted molar refractivity (Wildman–Crippen MR) is 83.8 cm³/mol. The molecular formula is C17H27NO3. The van der Waals surface area contributed by atoms with Crippen molar-refractivity contribution in [1.29, 1.82) is 0 Å². The number of ketones is 1. The number of ether oxygens (including phenoxy) is 1. The van der Waals surface area contributed by atoms with Crippen LogP contribution in [0.5, 0.6) is 0 Å². The minimum atomic E-state index is -0.318. The van der Waals surface area contributed by atoms with Crippen LogP contribution in [0.15, 0.2) is 23.4 Å².